The number of carbonyl (C=O) groups excluding carboxylic acids is 2. The van der Waals surface area contributed by atoms with E-state index in [0.29, 0.717) is 24.8 Å². The molecule has 146 valence electrons. The fourth-order valence-electron chi connectivity index (χ4n) is 6.47. The van der Waals surface area contributed by atoms with Gasteiger partial charge >= 0.3 is 0 Å². The van der Waals surface area contributed by atoms with Crippen LogP contribution in [0.2, 0.25) is 0 Å². The molecule has 4 aliphatic rings. The van der Waals surface area contributed by atoms with Crippen molar-refractivity contribution in [2.45, 2.75) is 51.8 Å². The Bertz CT molecular complexity index is 814. The smallest absolute Gasteiger partial charge is 0.221 e. The Hall–Kier alpha value is -1.20. The fraction of sp³-hybridized carbons (Fsp3) is 0.636. The molecule has 5 heteroatoms. The number of allylic oxidation sites excluding steroid dienone is 6. The van der Waals surface area contributed by atoms with Crippen LogP contribution < -0.4 is 0 Å². The minimum absolute atomic E-state index is 0.0233. The highest BCUT2D eigenvalue weighted by Crippen LogP contribution is 2.67. The van der Waals surface area contributed by atoms with Gasteiger partial charge < -0.3 is 5.11 Å². The summed E-state index contributed by atoms with van der Waals surface area (Å²) < 4.78 is 15.2. The molecule has 0 aromatic rings. The highest BCUT2D eigenvalue weighted by molar-refractivity contribution is 8.13. The summed E-state index contributed by atoms with van der Waals surface area (Å²) in [6.45, 7) is 5.94. The van der Waals surface area contributed by atoms with E-state index in [0.717, 1.165) is 17.3 Å². The van der Waals surface area contributed by atoms with Crippen LogP contribution >= 0.6 is 11.8 Å². The van der Waals surface area contributed by atoms with Crippen molar-refractivity contribution in [2.24, 2.45) is 28.6 Å². The Morgan fingerprint density at radius 2 is 2.00 bits per heavy atom. The SMILES string of the molecule is CSC(=O)[C@@]1(O)[C@H](C)CC2C3C[C@H](F)C4=CC(=O)C=C[C@]4(C)C3=CC[C@@]21C. The first-order chi connectivity index (χ1) is 12.6. The van der Waals surface area contributed by atoms with Crippen LogP contribution in [-0.4, -0.2) is 34.0 Å². The van der Waals surface area contributed by atoms with Crippen molar-refractivity contribution in [2.75, 3.05) is 6.26 Å². The van der Waals surface area contributed by atoms with E-state index in [1.54, 1.807) is 6.26 Å². The van der Waals surface area contributed by atoms with E-state index >= 15 is 4.39 Å². The minimum atomic E-state index is -1.39. The third-order valence-electron chi connectivity index (χ3n) is 8.01. The van der Waals surface area contributed by atoms with Crippen LogP contribution in [0.15, 0.2) is 35.5 Å². The molecular weight excluding hydrogens is 363 g/mol. The minimum Gasteiger partial charge on any atom is -0.380 e. The summed E-state index contributed by atoms with van der Waals surface area (Å²) in [7, 11) is 0. The zero-order valence-corrected chi connectivity index (χ0v) is 17.1. The molecule has 2 fully saturated rings. The van der Waals surface area contributed by atoms with Crippen LogP contribution in [-0.2, 0) is 9.59 Å². The highest BCUT2D eigenvalue weighted by Gasteiger charge is 2.67. The molecule has 0 aromatic heterocycles. The Balaban J connectivity index is 1.82. The van der Waals surface area contributed by atoms with E-state index < -0.39 is 22.6 Å². The number of rotatable bonds is 1. The lowest BCUT2D eigenvalue weighted by atomic mass is 9.51. The predicted octanol–water partition coefficient (Wildman–Crippen LogP) is 4.03. The third kappa shape index (κ3) is 2.24. The first-order valence-corrected chi connectivity index (χ1v) is 10.9. The van der Waals surface area contributed by atoms with Gasteiger partial charge in [0.15, 0.2) is 5.78 Å². The number of hydrogen-bond acceptors (Lipinski definition) is 4. The van der Waals surface area contributed by atoms with Gasteiger partial charge in [0.25, 0.3) is 0 Å². The molecule has 1 N–H and O–H groups in total. The Morgan fingerprint density at radius 3 is 2.67 bits per heavy atom. The maximum atomic E-state index is 15.2. The van der Waals surface area contributed by atoms with Gasteiger partial charge in [0.1, 0.15) is 11.8 Å². The summed E-state index contributed by atoms with van der Waals surface area (Å²) >= 11 is 1.09. The first kappa shape index (κ1) is 19.1. The van der Waals surface area contributed by atoms with E-state index in [2.05, 4.69) is 6.08 Å². The molecule has 27 heavy (non-hydrogen) atoms. The van der Waals surface area contributed by atoms with Gasteiger partial charge in [-0.25, -0.2) is 4.39 Å². The summed E-state index contributed by atoms with van der Waals surface area (Å²) in [5.74, 6) is -0.285. The molecule has 4 aliphatic carbocycles. The van der Waals surface area contributed by atoms with Crippen molar-refractivity contribution in [1.82, 2.24) is 0 Å². The molecule has 2 unspecified atom stereocenters. The van der Waals surface area contributed by atoms with E-state index in [9.17, 15) is 14.7 Å². The second-order valence-electron chi connectivity index (χ2n) is 9.13. The van der Waals surface area contributed by atoms with Crippen LogP contribution in [0, 0.1) is 28.6 Å². The number of aliphatic hydroxyl groups is 1. The third-order valence-corrected chi connectivity index (χ3v) is 8.70. The van der Waals surface area contributed by atoms with E-state index in [-0.39, 0.29) is 28.7 Å². The predicted molar refractivity (Wildman–Crippen MR) is 105 cm³/mol. The van der Waals surface area contributed by atoms with Gasteiger partial charge in [0, 0.05) is 10.8 Å². The summed E-state index contributed by atoms with van der Waals surface area (Å²) in [6, 6.07) is 0. The Labute approximate surface area is 164 Å². The van der Waals surface area contributed by atoms with Gasteiger partial charge in [0.2, 0.25) is 5.12 Å². The number of hydrogen-bond donors (Lipinski definition) is 1. The molecule has 2 saturated carbocycles. The summed E-state index contributed by atoms with van der Waals surface area (Å²) in [5, 5.41) is 11.3. The van der Waals surface area contributed by atoms with Gasteiger partial charge in [-0.3, -0.25) is 9.59 Å². The van der Waals surface area contributed by atoms with Crippen molar-refractivity contribution in [1.29, 1.82) is 0 Å². The molecule has 7 atom stereocenters. The number of ketones is 1. The molecule has 0 saturated heterocycles. The zero-order valence-electron chi connectivity index (χ0n) is 16.3. The first-order valence-electron chi connectivity index (χ1n) is 9.70. The molecule has 4 rings (SSSR count). The van der Waals surface area contributed by atoms with Crippen LogP contribution in [0.4, 0.5) is 4.39 Å². The monoisotopic (exact) mass is 390 g/mol. The van der Waals surface area contributed by atoms with Crippen molar-refractivity contribution in [3.05, 3.63) is 35.5 Å². The van der Waals surface area contributed by atoms with E-state index in [4.69, 9.17) is 0 Å². The van der Waals surface area contributed by atoms with Gasteiger partial charge in [-0.1, -0.05) is 43.3 Å². The summed E-state index contributed by atoms with van der Waals surface area (Å²) in [4.78, 5) is 24.5. The lowest BCUT2D eigenvalue weighted by Gasteiger charge is -2.54. The second kappa shape index (κ2) is 5.90. The topological polar surface area (TPSA) is 54.4 Å². The van der Waals surface area contributed by atoms with Crippen LogP contribution in [0.5, 0.6) is 0 Å². The van der Waals surface area contributed by atoms with Crippen molar-refractivity contribution >= 4 is 22.7 Å². The molecular formula is C22H27FO3S. The maximum Gasteiger partial charge on any atom is 0.221 e. The number of thioether (sulfide) groups is 1. The van der Waals surface area contributed by atoms with Crippen molar-refractivity contribution in [3.63, 3.8) is 0 Å². The zero-order chi connectivity index (χ0) is 19.8. The molecule has 0 radical (unpaired) electrons. The molecule has 0 heterocycles. The molecule has 0 aromatic carbocycles. The maximum absolute atomic E-state index is 15.2. The van der Waals surface area contributed by atoms with E-state index in [1.807, 2.05) is 26.8 Å². The van der Waals surface area contributed by atoms with E-state index in [1.165, 1.54) is 12.2 Å². The number of alkyl halides is 1. The quantitative estimate of drug-likeness (QED) is 0.687. The summed E-state index contributed by atoms with van der Waals surface area (Å²) in [5.41, 5.74) is -0.845. The van der Waals surface area contributed by atoms with Gasteiger partial charge in [-0.05, 0) is 67.9 Å². The fourth-order valence-corrected chi connectivity index (χ4v) is 7.21. The lowest BCUT2D eigenvalue weighted by molar-refractivity contribution is -0.148. The van der Waals surface area contributed by atoms with Crippen molar-refractivity contribution < 1.29 is 19.1 Å². The highest BCUT2D eigenvalue weighted by atomic mass is 32.2. The van der Waals surface area contributed by atoms with Crippen LogP contribution in [0.25, 0.3) is 0 Å². The van der Waals surface area contributed by atoms with Crippen LogP contribution in [0.1, 0.15) is 40.0 Å². The summed E-state index contributed by atoms with van der Waals surface area (Å²) in [6.07, 6.45) is 9.14. The number of halogens is 1. The second-order valence-corrected chi connectivity index (χ2v) is 9.91. The average Bonchev–Trinajstić information content (AvgIpc) is 2.84. The Kier molecular flexibility index (Phi) is 4.18. The van der Waals surface area contributed by atoms with Gasteiger partial charge in [-0.15, -0.1) is 0 Å². The number of carbonyl (C=O) groups is 2. The molecule has 0 amide bonds. The largest absolute Gasteiger partial charge is 0.380 e. The standard InChI is InChI=1S/C22H27FO3S/c1-12-9-16-14-11-18(23)17-10-13(24)5-7-20(17,2)15(14)6-8-21(16,3)22(12,26)19(25)27-4/h5-7,10,12,14,16,18,26H,8-9,11H2,1-4H3/t12-,14?,16?,18+,20-,21+,22+/m1/s1. The molecule has 0 bridgehead atoms. The number of fused-ring (bicyclic) bond motifs is 5. The lowest BCUT2D eigenvalue weighted by Crippen LogP contribution is -2.56. The Morgan fingerprint density at radius 1 is 1.30 bits per heavy atom. The average molecular weight is 391 g/mol. The molecule has 0 spiro atoms. The van der Waals surface area contributed by atoms with Gasteiger partial charge in [0.05, 0.1) is 0 Å². The van der Waals surface area contributed by atoms with Crippen LogP contribution in [0.3, 0.4) is 0 Å². The van der Waals surface area contributed by atoms with Crippen molar-refractivity contribution in [3.8, 4) is 0 Å². The van der Waals surface area contributed by atoms with Gasteiger partial charge in [-0.2, -0.15) is 0 Å². The molecule has 3 nitrogen and oxygen atoms in total. The molecule has 0 aliphatic heterocycles. The normalized spacial score (nSPS) is 48.3.